The molecule has 1 aromatic rings. The van der Waals surface area contributed by atoms with E-state index in [1.165, 1.54) is 0 Å². The molecule has 0 unspecified atom stereocenters. The quantitative estimate of drug-likeness (QED) is 0.600. The van der Waals surface area contributed by atoms with E-state index >= 15 is 0 Å². The molecule has 19 heavy (non-hydrogen) atoms. The van der Waals surface area contributed by atoms with Gasteiger partial charge in [0, 0.05) is 5.02 Å². The number of aliphatic hydroxyl groups is 4. The number of benzene rings is 1. The Morgan fingerprint density at radius 1 is 1.05 bits per heavy atom. The van der Waals surface area contributed by atoms with E-state index in [2.05, 4.69) is 0 Å². The molecule has 0 bridgehead atoms. The van der Waals surface area contributed by atoms with Gasteiger partial charge < -0.3 is 29.9 Å². The van der Waals surface area contributed by atoms with E-state index in [0.717, 1.165) is 0 Å². The van der Waals surface area contributed by atoms with Crippen molar-refractivity contribution in [3.8, 4) is 5.75 Å². The molecule has 4 N–H and O–H groups in total. The highest BCUT2D eigenvalue weighted by Gasteiger charge is 2.44. The zero-order valence-corrected chi connectivity index (χ0v) is 10.6. The van der Waals surface area contributed by atoms with Crippen molar-refractivity contribution in [3.63, 3.8) is 0 Å². The summed E-state index contributed by atoms with van der Waals surface area (Å²) >= 11 is 5.73. The third-order valence-electron chi connectivity index (χ3n) is 2.91. The fourth-order valence-electron chi connectivity index (χ4n) is 1.81. The molecule has 1 saturated heterocycles. The fourth-order valence-corrected chi connectivity index (χ4v) is 1.94. The van der Waals surface area contributed by atoms with Crippen LogP contribution in [0.25, 0.3) is 0 Å². The number of aliphatic hydroxyl groups excluding tert-OH is 4. The van der Waals surface area contributed by atoms with Crippen LogP contribution in [0.15, 0.2) is 24.3 Å². The second kappa shape index (κ2) is 6.04. The minimum Gasteiger partial charge on any atom is -0.462 e. The van der Waals surface area contributed by atoms with Crippen molar-refractivity contribution < 1.29 is 29.9 Å². The lowest BCUT2D eigenvalue weighted by Gasteiger charge is -2.39. The van der Waals surface area contributed by atoms with Gasteiger partial charge in [0.15, 0.2) is 0 Å². The third-order valence-corrected chi connectivity index (χ3v) is 3.17. The molecule has 0 radical (unpaired) electrons. The van der Waals surface area contributed by atoms with Crippen LogP contribution in [0, 0.1) is 0 Å². The molecular weight excluding hydrogens is 276 g/mol. The lowest BCUT2D eigenvalue weighted by atomic mass is 9.99. The van der Waals surface area contributed by atoms with Gasteiger partial charge >= 0.3 is 0 Å². The van der Waals surface area contributed by atoms with E-state index in [4.69, 9.17) is 26.2 Å². The van der Waals surface area contributed by atoms with Crippen LogP contribution in [0.5, 0.6) is 5.75 Å². The Morgan fingerprint density at radius 2 is 1.68 bits per heavy atom. The maximum absolute atomic E-state index is 9.77. The summed E-state index contributed by atoms with van der Waals surface area (Å²) in [5, 5.41) is 38.5. The van der Waals surface area contributed by atoms with Crippen molar-refractivity contribution >= 4 is 11.6 Å². The number of hydrogen-bond donors (Lipinski definition) is 4. The minimum atomic E-state index is -1.46. The van der Waals surface area contributed by atoms with Gasteiger partial charge in [0.05, 0.1) is 6.61 Å². The first-order valence-corrected chi connectivity index (χ1v) is 6.13. The van der Waals surface area contributed by atoms with Crippen LogP contribution in [0.3, 0.4) is 0 Å². The zero-order valence-electron chi connectivity index (χ0n) is 9.89. The van der Waals surface area contributed by atoms with Crippen LogP contribution in [0.2, 0.25) is 5.02 Å². The smallest absolute Gasteiger partial charge is 0.229 e. The van der Waals surface area contributed by atoms with Gasteiger partial charge in [-0.05, 0) is 24.3 Å². The van der Waals surface area contributed by atoms with E-state index in [1.54, 1.807) is 24.3 Å². The van der Waals surface area contributed by atoms with E-state index in [-0.39, 0.29) is 0 Å². The maximum Gasteiger partial charge on any atom is 0.229 e. The molecule has 1 aromatic carbocycles. The fraction of sp³-hybridized carbons (Fsp3) is 0.500. The van der Waals surface area contributed by atoms with Crippen LogP contribution in [-0.4, -0.2) is 57.7 Å². The van der Waals surface area contributed by atoms with Crippen LogP contribution in [-0.2, 0) is 4.74 Å². The molecule has 0 aromatic heterocycles. The molecule has 0 aliphatic carbocycles. The molecule has 1 aliphatic rings. The van der Waals surface area contributed by atoms with E-state index in [0.29, 0.717) is 10.8 Å². The van der Waals surface area contributed by atoms with Gasteiger partial charge in [0.1, 0.15) is 30.2 Å². The van der Waals surface area contributed by atoms with E-state index in [9.17, 15) is 15.3 Å². The highest BCUT2D eigenvalue weighted by atomic mass is 35.5. The Kier molecular flexibility index (Phi) is 4.62. The first-order chi connectivity index (χ1) is 9.02. The lowest BCUT2D eigenvalue weighted by molar-refractivity contribution is -0.277. The number of rotatable bonds is 3. The SMILES string of the molecule is OC[C@@H]1O[C@@H](Oc2ccc(Cl)cc2)[C@@H](O)[C@H](O)[C@@H]1O. The van der Waals surface area contributed by atoms with Gasteiger partial charge in [-0.3, -0.25) is 0 Å². The minimum absolute atomic E-state index is 0.383. The average molecular weight is 291 g/mol. The van der Waals surface area contributed by atoms with Crippen molar-refractivity contribution in [1.29, 1.82) is 0 Å². The van der Waals surface area contributed by atoms with Gasteiger partial charge in [0.2, 0.25) is 6.29 Å². The summed E-state index contributed by atoms with van der Waals surface area (Å²) in [6, 6.07) is 6.34. The van der Waals surface area contributed by atoms with Crippen molar-refractivity contribution in [1.82, 2.24) is 0 Å². The van der Waals surface area contributed by atoms with Crippen molar-refractivity contribution in [2.45, 2.75) is 30.7 Å². The van der Waals surface area contributed by atoms with E-state index in [1.807, 2.05) is 0 Å². The highest BCUT2D eigenvalue weighted by Crippen LogP contribution is 2.24. The van der Waals surface area contributed by atoms with Crippen molar-refractivity contribution in [3.05, 3.63) is 29.3 Å². The van der Waals surface area contributed by atoms with Crippen LogP contribution in [0.4, 0.5) is 0 Å². The summed E-state index contributed by atoms with van der Waals surface area (Å²) < 4.78 is 10.6. The first-order valence-electron chi connectivity index (χ1n) is 5.75. The molecule has 0 spiro atoms. The van der Waals surface area contributed by atoms with Gasteiger partial charge in [-0.15, -0.1) is 0 Å². The molecule has 0 saturated carbocycles. The van der Waals surface area contributed by atoms with Crippen molar-refractivity contribution in [2.75, 3.05) is 6.61 Å². The molecular formula is C12H15ClO6. The van der Waals surface area contributed by atoms with E-state index < -0.39 is 37.3 Å². The van der Waals surface area contributed by atoms with Gasteiger partial charge in [0.25, 0.3) is 0 Å². The summed E-state index contributed by atoms with van der Waals surface area (Å²) in [6.07, 6.45) is -6.45. The Balaban J connectivity index is 2.08. The molecule has 1 heterocycles. The number of ether oxygens (including phenoxy) is 2. The second-order valence-electron chi connectivity index (χ2n) is 4.27. The maximum atomic E-state index is 9.77. The molecule has 5 atom stereocenters. The number of halogens is 1. The molecule has 106 valence electrons. The largest absolute Gasteiger partial charge is 0.462 e. The Labute approximate surface area is 114 Å². The highest BCUT2D eigenvalue weighted by molar-refractivity contribution is 6.30. The molecule has 1 aliphatic heterocycles. The predicted octanol–water partition coefficient (Wildman–Crippen LogP) is -0.481. The van der Waals surface area contributed by atoms with Gasteiger partial charge in [-0.2, -0.15) is 0 Å². The topological polar surface area (TPSA) is 99.4 Å². The second-order valence-corrected chi connectivity index (χ2v) is 4.71. The molecule has 0 amide bonds. The first kappa shape index (κ1) is 14.5. The Morgan fingerprint density at radius 3 is 2.26 bits per heavy atom. The van der Waals surface area contributed by atoms with Crippen LogP contribution < -0.4 is 4.74 Å². The summed E-state index contributed by atoms with van der Waals surface area (Å²) in [5.41, 5.74) is 0. The summed E-state index contributed by atoms with van der Waals surface area (Å²) in [7, 11) is 0. The van der Waals surface area contributed by atoms with Gasteiger partial charge in [-0.1, -0.05) is 11.6 Å². The molecule has 1 fully saturated rings. The monoisotopic (exact) mass is 290 g/mol. The predicted molar refractivity (Wildman–Crippen MR) is 65.8 cm³/mol. The third kappa shape index (κ3) is 3.17. The van der Waals surface area contributed by atoms with Crippen molar-refractivity contribution in [2.24, 2.45) is 0 Å². The molecule has 6 nitrogen and oxygen atoms in total. The zero-order chi connectivity index (χ0) is 14.0. The molecule has 7 heteroatoms. The summed E-state index contributed by atoms with van der Waals surface area (Å²) in [5.74, 6) is 0.383. The summed E-state index contributed by atoms with van der Waals surface area (Å²) in [6.45, 7) is -0.495. The standard InChI is InChI=1S/C12H15ClO6/c13-6-1-3-7(4-2-6)18-12-11(17)10(16)9(15)8(5-14)19-12/h1-4,8-12,14-17H,5H2/t8-,9+,10+,11-,12+/m0/s1. The van der Waals surface area contributed by atoms with Crippen LogP contribution >= 0.6 is 11.6 Å². The normalized spacial score (nSPS) is 35.1. The average Bonchev–Trinajstić information content (AvgIpc) is 2.42. The lowest BCUT2D eigenvalue weighted by Crippen LogP contribution is -2.60. The molecule has 2 rings (SSSR count). The Hall–Kier alpha value is -0.890. The summed E-state index contributed by atoms with van der Waals surface area (Å²) in [4.78, 5) is 0. The Bertz CT molecular complexity index is 409. The number of hydrogen-bond acceptors (Lipinski definition) is 6. The van der Waals surface area contributed by atoms with Crippen LogP contribution in [0.1, 0.15) is 0 Å². The van der Waals surface area contributed by atoms with Gasteiger partial charge in [-0.25, -0.2) is 0 Å².